The van der Waals surface area contributed by atoms with Crippen molar-refractivity contribution in [3.8, 4) is 0 Å². The number of esters is 1. The largest absolute Gasteiger partial charge is 0.464 e. The molecule has 1 N–H and O–H groups in total. The van der Waals surface area contributed by atoms with E-state index in [-0.39, 0.29) is 17.0 Å². The first kappa shape index (κ1) is 13.0. The van der Waals surface area contributed by atoms with Gasteiger partial charge in [-0.05, 0) is 24.4 Å². The highest BCUT2D eigenvalue weighted by Crippen LogP contribution is 2.16. The van der Waals surface area contributed by atoms with Crippen molar-refractivity contribution < 1.29 is 14.3 Å². The van der Waals surface area contributed by atoms with Gasteiger partial charge in [-0.25, -0.2) is 14.8 Å². The Labute approximate surface area is 110 Å². The highest BCUT2D eigenvalue weighted by atomic mass is 35.5. The molecule has 0 aliphatic carbocycles. The van der Waals surface area contributed by atoms with Crippen molar-refractivity contribution in [2.75, 3.05) is 25.6 Å². The van der Waals surface area contributed by atoms with Crippen molar-refractivity contribution in [1.82, 2.24) is 9.97 Å². The van der Waals surface area contributed by atoms with Gasteiger partial charge in [-0.2, -0.15) is 0 Å². The van der Waals surface area contributed by atoms with Crippen LogP contribution in [0.3, 0.4) is 0 Å². The van der Waals surface area contributed by atoms with Crippen LogP contribution in [0.15, 0.2) is 6.07 Å². The average molecular weight is 272 g/mol. The lowest BCUT2D eigenvalue weighted by Gasteiger charge is -2.23. The molecule has 0 unspecified atom stereocenters. The Bertz CT molecular complexity index is 436. The van der Waals surface area contributed by atoms with Crippen LogP contribution >= 0.6 is 11.6 Å². The van der Waals surface area contributed by atoms with Gasteiger partial charge in [0.25, 0.3) is 0 Å². The third-order valence-corrected chi connectivity index (χ3v) is 2.84. The Morgan fingerprint density at radius 1 is 1.50 bits per heavy atom. The predicted molar refractivity (Wildman–Crippen MR) is 65.8 cm³/mol. The van der Waals surface area contributed by atoms with Gasteiger partial charge in [0.15, 0.2) is 5.69 Å². The number of carbonyl (C=O) groups excluding carboxylic acids is 1. The van der Waals surface area contributed by atoms with Crippen LogP contribution in [-0.2, 0) is 9.47 Å². The zero-order valence-corrected chi connectivity index (χ0v) is 10.7. The topological polar surface area (TPSA) is 73.3 Å². The number of nitrogens with zero attached hydrogens (tertiary/aromatic N) is 2. The summed E-state index contributed by atoms with van der Waals surface area (Å²) in [6.07, 6.45) is 1.80. The fourth-order valence-corrected chi connectivity index (χ4v) is 1.93. The summed E-state index contributed by atoms with van der Waals surface area (Å²) in [6, 6.07) is 1.81. The minimum absolute atomic E-state index is 0.0208. The summed E-state index contributed by atoms with van der Waals surface area (Å²) in [4.78, 5) is 19.2. The summed E-state index contributed by atoms with van der Waals surface area (Å²) >= 11 is 5.77. The van der Waals surface area contributed by atoms with E-state index in [4.69, 9.17) is 16.3 Å². The quantitative estimate of drug-likeness (QED) is 0.663. The predicted octanol–water partition coefficient (Wildman–Crippen LogP) is 1.51. The fraction of sp³-hybridized carbons (Fsp3) is 0.545. The minimum Gasteiger partial charge on any atom is -0.464 e. The summed E-state index contributed by atoms with van der Waals surface area (Å²) in [6.45, 7) is 1.45. The molecule has 1 fully saturated rings. The van der Waals surface area contributed by atoms with Gasteiger partial charge in [0.1, 0.15) is 5.82 Å². The van der Waals surface area contributed by atoms with Crippen LogP contribution < -0.4 is 5.32 Å². The molecule has 18 heavy (non-hydrogen) atoms. The second-order valence-corrected chi connectivity index (χ2v) is 4.27. The lowest BCUT2D eigenvalue weighted by molar-refractivity contribution is 0.0593. The summed E-state index contributed by atoms with van der Waals surface area (Å²) in [5.41, 5.74) is 0.145. The highest BCUT2D eigenvalue weighted by molar-refractivity contribution is 6.28. The minimum atomic E-state index is -0.533. The van der Waals surface area contributed by atoms with Crippen LogP contribution in [0.2, 0.25) is 5.28 Å². The molecule has 0 saturated carbocycles. The molecule has 6 nitrogen and oxygen atoms in total. The second-order valence-electron chi connectivity index (χ2n) is 3.93. The fourth-order valence-electron chi connectivity index (χ4n) is 1.75. The number of ether oxygens (including phenoxy) is 2. The maximum Gasteiger partial charge on any atom is 0.356 e. The Balaban J connectivity index is 2.11. The first-order chi connectivity index (χ1) is 8.69. The molecule has 1 aliphatic heterocycles. The number of methoxy groups -OCH3 is 1. The van der Waals surface area contributed by atoms with Gasteiger partial charge in [-0.1, -0.05) is 0 Å². The van der Waals surface area contributed by atoms with E-state index < -0.39 is 5.97 Å². The van der Waals surface area contributed by atoms with Gasteiger partial charge in [-0.3, -0.25) is 0 Å². The summed E-state index contributed by atoms with van der Waals surface area (Å²) in [5.74, 6) is -0.00312. The Kier molecular flexibility index (Phi) is 4.33. The van der Waals surface area contributed by atoms with E-state index in [9.17, 15) is 4.79 Å². The van der Waals surface area contributed by atoms with E-state index in [2.05, 4.69) is 20.0 Å². The third kappa shape index (κ3) is 3.30. The highest BCUT2D eigenvalue weighted by Gasteiger charge is 2.16. The number of nitrogens with one attached hydrogen (secondary N) is 1. The molecular formula is C11H14ClN3O3. The van der Waals surface area contributed by atoms with Gasteiger partial charge >= 0.3 is 5.97 Å². The van der Waals surface area contributed by atoms with Crippen LogP contribution in [0.1, 0.15) is 23.3 Å². The first-order valence-corrected chi connectivity index (χ1v) is 6.04. The Hall–Kier alpha value is -1.40. The van der Waals surface area contributed by atoms with Gasteiger partial charge < -0.3 is 14.8 Å². The Morgan fingerprint density at radius 3 is 2.89 bits per heavy atom. The molecule has 0 radical (unpaired) electrons. The van der Waals surface area contributed by atoms with Gasteiger partial charge in [0.05, 0.1) is 7.11 Å². The first-order valence-electron chi connectivity index (χ1n) is 5.66. The van der Waals surface area contributed by atoms with Crippen molar-refractivity contribution in [2.45, 2.75) is 18.9 Å². The van der Waals surface area contributed by atoms with E-state index in [1.54, 1.807) is 0 Å². The molecule has 7 heteroatoms. The molecule has 0 atom stereocenters. The molecule has 1 aromatic heterocycles. The van der Waals surface area contributed by atoms with Crippen LogP contribution in [0, 0.1) is 0 Å². The number of aromatic nitrogens is 2. The molecular weight excluding hydrogens is 258 g/mol. The molecule has 0 bridgehead atoms. The second kappa shape index (κ2) is 5.97. The van der Waals surface area contributed by atoms with Crippen molar-refractivity contribution in [1.29, 1.82) is 0 Å². The van der Waals surface area contributed by atoms with Crippen molar-refractivity contribution in [2.24, 2.45) is 0 Å². The standard InChI is InChI=1S/C11H14ClN3O3/c1-17-10(16)8-6-9(15-11(12)14-8)13-7-2-4-18-5-3-7/h6-7H,2-5H2,1H3,(H,13,14,15). The lowest BCUT2D eigenvalue weighted by Crippen LogP contribution is -2.28. The average Bonchev–Trinajstić information content (AvgIpc) is 2.38. The maximum absolute atomic E-state index is 11.4. The van der Waals surface area contributed by atoms with E-state index in [0.29, 0.717) is 5.82 Å². The number of hydrogen-bond donors (Lipinski definition) is 1. The van der Waals surface area contributed by atoms with Gasteiger partial charge in [0.2, 0.25) is 5.28 Å². The number of carbonyl (C=O) groups is 1. The molecule has 1 aliphatic rings. The van der Waals surface area contributed by atoms with E-state index in [0.717, 1.165) is 26.1 Å². The molecule has 0 spiro atoms. The van der Waals surface area contributed by atoms with Gasteiger partial charge in [-0.15, -0.1) is 0 Å². The van der Waals surface area contributed by atoms with Crippen molar-refractivity contribution >= 4 is 23.4 Å². The smallest absolute Gasteiger partial charge is 0.356 e. The van der Waals surface area contributed by atoms with Crippen molar-refractivity contribution in [3.63, 3.8) is 0 Å². The zero-order valence-electron chi connectivity index (χ0n) is 9.98. The number of rotatable bonds is 3. The molecule has 2 heterocycles. The normalized spacial score (nSPS) is 16.3. The van der Waals surface area contributed by atoms with E-state index in [1.165, 1.54) is 13.2 Å². The van der Waals surface area contributed by atoms with E-state index >= 15 is 0 Å². The molecule has 1 saturated heterocycles. The lowest BCUT2D eigenvalue weighted by atomic mass is 10.1. The maximum atomic E-state index is 11.4. The van der Waals surface area contributed by atoms with Crippen LogP contribution in [0.25, 0.3) is 0 Å². The number of halogens is 1. The molecule has 98 valence electrons. The zero-order chi connectivity index (χ0) is 13.0. The monoisotopic (exact) mass is 271 g/mol. The third-order valence-electron chi connectivity index (χ3n) is 2.67. The summed E-state index contributed by atoms with van der Waals surface area (Å²) < 4.78 is 9.87. The van der Waals surface area contributed by atoms with Gasteiger partial charge in [0, 0.05) is 25.3 Å². The number of anilines is 1. The SMILES string of the molecule is COC(=O)c1cc(NC2CCOCC2)nc(Cl)n1. The molecule has 0 amide bonds. The van der Waals surface area contributed by atoms with Crippen LogP contribution in [0.5, 0.6) is 0 Å². The Morgan fingerprint density at radius 2 is 2.22 bits per heavy atom. The molecule has 2 rings (SSSR count). The van der Waals surface area contributed by atoms with Crippen LogP contribution in [0.4, 0.5) is 5.82 Å². The summed E-state index contributed by atoms with van der Waals surface area (Å²) in [5, 5.41) is 3.24. The van der Waals surface area contributed by atoms with Crippen LogP contribution in [-0.4, -0.2) is 42.3 Å². The van der Waals surface area contributed by atoms with Crippen molar-refractivity contribution in [3.05, 3.63) is 17.0 Å². The molecule has 1 aromatic rings. The number of hydrogen-bond acceptors (Lipinski definition) is 6. The molecule has 0 aromatic carbocycles. The van der Waals surface area contributed by atoms with E-state index in [1.807, 2.05) is 0 Å². The summed E-state index contributed by atoms with van der Waals surface area (Å²) in [7, 11) is 1.30.